The average molecular weight is 352 g/mol. The van der Waals surface area contributed by atoms with Gasteiger partial charge in [0, 0.05) is 27.2 Å². The predicted octanol–water partition coefficient (Wildman–Crippen LogP) is 0.501. The zero-order valence-corrected chi connectivity index (χ0v) is 15.7. The molecule has 1 saturated heterocycles. The Balaban J connectivity index is 1.96. The highest BCUT2D eigenvalue weighted by atomic mass is 16.5. The van der Waals surface area contributed by atoms with Gasteiger partial charge in [-0.05, 0) is 20.8 Å². The first-order valence-corrected chi connectivity index (χ1v) is 8.47. The number of morpholine rings is 1. The van der Waals surface area contributed by atoms with Gasteiger partial charge in [0.05, 0.1) is 31.9 Å². The van der Waals surface area contributed by atoms with Crippen LogP contribution in [-0.2, 0) is 21.3 Å². The summed E-state index contributed by atoms with van der Waals surface area (Å²) in [7, 11) is 3.40. The molecule has 2 atom stereocenters. The fourth-order valence-electron chi connectivity index (χ4n) is 2.78. The third-order valence-corrected chi connectivity index (χ3v) is 4.60. The first-order valence-electron chi connectivity index (χ1n) is 8.47. The topological polar surface area (TPSA) is 85.7 Å². The second-order valence-electron chi connectivity index (χ2n) is 6.80. The van der Waals surface area contributed by atoms with E-state index in [9.17, 15) is 9.59 Å². The summed E-state index contributed by atoms with van der Waals surface area (Å²) in [4.78, 5) is 30.6. The Kier molecular flexibility index (Phi) is 6.18. The van der Waals surface area contributed by atoms with Gasteiger partial charge >= 0.3 is 0 Å². The Morgan fingerprint density at radius 2 is 2.24 bits per heavy atom. The molecule has 0 spiro atoms. The number of imidazole rings is 1. The Morgan fingerprint density at radius 1 is 1.52 bits per heavy atom. The molecule has 0 radical (unpaired) electrons. The number of amides is 2. The Bertz CT molecular complexity index is 630. The molecule has 1 fully saturated rings. The molecule has 8 heteroatoms. The number of rotatable bonds is 6. The minimum absolute atomic E-state index is 0.0723. The molecule has 2 unspecified atom stereocenters. The minimum Gasteiger partial charge on any atom is -0.381 e. The van der Waals surface area contributed by atoms with E-state index in [1.165, 1.54) is 0 Å². The predicted molar refractivity (Wildman–Crippen MR) is 92.3 cm³/mol. The van der Waals surface area contributed by atoms with Gasteiger partial charge in [0.25, 0.3) is 5.91 Å². The Hall–Kier alpha value is -1.93. The first-order chi connectivity index (χ1) is 11.8. The van der Waals surface area contributed by atoms with Crippen LogP contribution in [0.4, 0.5) is 0 Å². The van der Waals surface area contributed by atoms with E-state index in [1.54, 1.807) is 22.8 Å². The normalized spacial score (nSPS) is 21.9. The van der Waals surface area contributed by atoms with Crippen LogP contribution in [0, 0.1) is 6.92 Å². The molecule has 1 N–H and O–H groups in total. The number of aryl methyl sites for hydroxylation is 1. The monoisotopic (exact) mass is 352 g/mol. The highest BCUT2D eigenvalue weighted by Gasteiger charge is 2.35. The lowest BCUT2D eigenvalue weighted by molar-refractivity contribution is -0.127. The first kappa shape index (κ1) is 19.4. The molecular weight excluding hydrogens is 324 g/mol. The van der Waals surface area contributed by atoms with Gasteiger partial charge < -0.3 is 24.3 Å². The summed E-state index contributed by atoms with van der Waals surface area (Å²) < 4.78 is 12.7. The second kappa shape index (κ2) is 7.97. The third-order valence-electron chi connectivity index (χ3n) is 4.60. The van der Waals surface area contributed by atoms with Gasteiger partial charge in [-0.15, -0.1) is 0 Å². The van der Waals surface area contributed by atoms with Gasteiger partial charge in [-0.2, -0.15) is 0 Å². The van der Waals surface area contributed by atoms with Crippen LogP contribution in [0.2, 0.25) is 0 Å². The molecule has 1 aliphatic heterocycles. The van der Waals surface area contributed by atoms with Crippen LogP contribution >= 0.6 is 0 Å². The zero-order valence-electron chi connectivity index (χ0n) is 15.7. The van der Waals surface area contributed by atoms with E-state index in [0.717, 1.165) is 5.82 Å². The van der Waals surface area contributed by atoms with Gasteiger partial charge in [-0.1, -0.05) is 0 Å². The number of hydrogen-bond acceptors (Lipinski definition) is 5. The van der Waals surface area contributed by atoms with Crippen molar-refractivity contribution in [2.75, 3.05) is 33.4 Å². The van der Waals surface area contributed by atoms with E-state index in [-0.39, 0.29) is 17.9 Å². The lowest BCUT2D eigenvalue weighted by atomic mass is 10.0. The summed E-state index contributed by atoms with van der Waals surface area (Å²) in [5.74, 6) is 0.626. The summed E-state index contributed by atoms with van der Waals surface area (Å²) in [6, 6.07) is 0. The van der Waals surface area contributed by atoms with E-state index in [1.807, 2.05) is 27.8 Å². The van der Waals surface area contributed by atoms with Crippen molar-refractivity contribution in [1.29, 1.82) is 0 Å². The SMILES string of the molecule is COC(C)CC(=O)NCC1(C)CN(C(=O)c2cnc(C)n2C)CCO1. The van der Waals surface area contributed by atoms with Crippen molar-refractivity contribution in [2.45, 2.75) is 38.9 Å². The maximum absolute atomic E-state index is 12.7. The molecule has 0 aliphatic carbocycles. The molecule has 0 saturated carbocycles. The lowest BCUT2D eigenvalue weighted by Crippen LogP contribution is -2.57. The molecule has 140 valence electrons. The maximum Gasteiger partial charge on any atom is 0.272 e. The van der Waals surface area contributed by atoms with Crippen LogP contribution in [0.3, 0.4) is 0 Å². The maximum atomic E-state index is 12.7. The molecule has 25 heavy (non-hydrogen) atoms. The molecule has 2 amide bonds. The standard InChI is InChI=1S/C17H28N4O4/c1-12(24-5)8-15(22)19-10-17(3)11-21(6-7-25-17)16(23)14-9-18-13(2)20(14)4/h9,12H,6-8,10-11H2,1-5H3,(H,19,22). The molecule has 0 bridgehead atoms. The number of ether oxygens (including phenoxy) is 2. The molecule has 1 aromatic heterocycles. The van der Waals surface area contributed by atoms with E-state index >= 15 is 0 Å². The van der Waals surface area contributed by atoms with Gasteiger partial charge in [-0.25, -0.2) is 4.98 Å². The average Bonchev–Trinajstić information content (AvgIpc) is 2.91. The van der Waals surface area contributed by atoms with Crippen molar-refractivity contribution >= 4 is 11.8 Å². The lowest BCUT2D eigenvalue weighted by Gasteiger charge is -2.40. The van der Waals surface area contributed by atoms with E-state index in [0.29, 0.717) is 38.4 Å². The largest absolute Gasteiger partial charge is 0.381 e. The number of carbonyl (C=O) groups excluding carboxylic acids is 2. The van der Waals surface area contributed by atoms with E-state index in [2.05, 4.69) is 10.3 Å². The summed E-state index contributed by atoms with van der Waals surface area (Å²) in [5.41, 5.74) is -0.0623. The highest BCUT2D eigenvalue weighted by molar-refractivity contribution is 5.92. The number of nitrogens with one attached hydrogen (secondary N) is 1. The van der Waals surface area contributed by atoms with E-state index in [4.69, 9.17) is 9.47 Å². The van der Waals surface area contributed by atoms with Crippen LogP contribution in [0.5, 0.6) is 0 Å². The summed E-state index contributed by atoms with van der Waals surface area (Å²) >= 11 is 0. The van der Waals surface area contributed by atoms with Crippen molar-refractivity contribution in [1.82, 2.24) is 19.8 Å². The summed E-state index contributed by atoms with van der Waals surface area (Å²) in [6.07, 6.45) is 1.76. The van der Waals surface area contributed by atoms with Crippen LogP contribution in [0.1, 0.15) is 36.6 Å². The van der Waals surface area contributed by atoms with Gasteiger partial charge in [0.15, 0.2) is 0 Å². The third kappa shape index (κ3) is 4.79. The molecular formula is C17H28N4O4. The van der Waals surface area contributed by atoms with Crippen molar-refractivity contribution in [3.05, 3.63) is 17.7 Å². The second-order valence-corrected chi connectivity index (χ2v) is 6.80. The van der Waals surface area contributed by atoms with Crippen molar-refractivity contribution < 1.29 is 19.1 Å². The molecule has 1 aliphatic rings. The summed E-state index contributed by atoms with van der Waals surface area (Å²) in [5, 5.41) is 2.87. The Labute approximate surface area is 148 Å². The van der Waals surface area contributed by atoms with Crippen LogP contribution in [-0.4, -0.2) is 71.3 Å². The van der Waals surface area contributed by atoms with Gasteiger partial charge in [0.1, 0.15) is 17.1 Å². The van der Waals surface area contributed by atoms with Crippen LogP contribution in [0.15, 0.2) is 6.20 Å². The quantitative estimate of drug-likeness (QED) is 0.806. The fourth-order valence-corrected chi connectivity index (χ4v) is 2.78. The molecule has 1 aromatic rings. The van der Waals surface area contributed by atoms with Crippen molar-refractivity contribution in [3.8, 4) is 0 Å². The molecule has 2 rings (SSSR count). The Morgan fingerprint density at radius 3 is 2.84 bits per heavy atom. The number of nitrogens with zero attached hydrogens (tertiary/aromatic N) is 3. The van der Waals surface area contributed by atoms with Crippen LogP contribution < -0.4 is 5.32 Å². The number of hydrogen-bond donors (Lipinski definition) is 1. The summed E-state index contributed by atoms with van der Waals surface area (Å²) in [6.45, 7) is 7.32. The number of aromatic nitrogens is 2. The van der Waals surface area contributed by atoms with Gasteiger partial charge in [0.2, 0.25) is 5.91 Å². The number of methoxy groups -OCH3 is 1. The highest BCUT2D eigenvalue weighted by Crippen LogP contribution is 2.19. The van der Waals surface area contributed by atoms with Crippen LogP contribution in [0.25, 0.3) is 0 Å². The number of carbonyl (C=O) groups is 2. The molecule has 2 heterocycles. The zero-order chi connectivity index (χ0) is 18.6. The fraction of sp³-hybridized carbons (Fsp3) is 0.706. The van der Waals surface area contributed by atoms with Crippen molar-refractivity contribution in [2.24, 2.45) is 7.05 Å². The smallest absolute Gasteiger partial charge is 0.272 e. The van der Waals surface area contributed by atoms with Gasteiger partial charge in [-0.3, -0.25) is 9.59 Å². The molecule has 8 nitrogen and oxygen atoms in total. The van der Waals surface area contributed by atoms with Crippen molar-refractivity contribution in [3.63, 3.8) is 0 Å². The van der Waals surface area contributed by atoms with E-state index < -0.39 is 5.60 Å². The molecule has 0 aromatic carbocycles. The minimum atomic E-state index is -0.618.